The third-order valence-electron chi connectivity index (χ3n) is 3.33. The lowest BCUT2D eigenvalue weighted by Crippen LogP contribution is -2.18. The molecule has 0 aliphatic carbocycles. The average Bonchev–Trinajstić information content (AvgIpc) is 2.50. The summed E-state index contributed by atoms with van der Waals surface area (Å²) in [6.07, 6.45) is 3.40. The molecule has 1 aromatic heterocycles. The van der Waals surface area contributed by atoms with Crippen LogP contribution in [0.15, 0.2) is 54.9 Å². The Morgan fingerprint density at radius 3 is 2.50 bits per heavy atom. The number of nitrogens with zero attached hydrogens (tertiary/aromatic N) is 2. The van der Waals surface area contributed by atoms with Crippen LogP contribution in [-0.2, 0) is 0 Å². The Morgan fingerprint density at radius 1 is 1.00 bits per heavy atom. The first-order valence-electron chi connectivity index (χ1n) is 6.42. The molecule has 3 nitrogen and oxygen atoms in total. The Balaban J connectivity index is 2.10. The molecule has 0 aliphatic heterocycles. The molecule has 0 spiro atoms. The molecule has 0 saturated heterocycles. The molecule has 0 saturated carbocycles. The third-order valence-corrected chi connectivity index (χ3v) is 3.68. The van der Waals surface area contributed by atoms with Crippen molar-refractivity contribution in [3.63, 3.8) is 0 Å². The van der Waals surface area contributed by atoms with Gasteiger partial charge in [-0.15, -0.1) is 0 Å². The smallest absolute Gasteiger partial charge is 0.0890 e. The van der Waals surface area contributed by atoms with Gasteiger partial charge in [0.2, 0.25) is 0 Å². The average molecular weight is 284 g/mol. The van der Waals surface area contributed by atoms with E-state index in [0.29, 0.717) is 0 Å². The Kier molecular flexibility index (Phi) is 3.63. The third kappa shape index (κ3) is 2.38. The van der Waals surface area contributed by atoms with Crippen LogP contribution in [0.1, 0.15) is 17.2 Å². The standard InChI is InChI=1S/C16H14ClN3/c1-18-16(12-4-2-3-5-13(12)17)11-6-7-14-15(10-11)20-9-8-19-14/h2-10,16,18H,1H3. The lowest BCUT2D eigenvalue weighted by Gasteiger charge is -2.18. The molecule has 1 heterocycles. The fraction of sp³-hybridized carbons (Fsp3) is 0.125. The fourth-order valence-corrected chi connectivity index (χ4v) is 2.62. The maximum absolute atomic E-state index is 6.30. The van der Waals surface area contributed by atoms with Crippen LogP contribution in [0.3, 0.4) is 0 Å². The molecule has 20 heavy (non-hydrogen) atoms. The molecule has 0 aliphatic rings. The molecule has 4 heteroatoms. The van der Waals surface area contributed by atoms with Gasteiger partial charge in [0.05, 0.1) is 17.1 Å². The van der Waals surface area contributed by atoms with Gasteiger partial charge in [-0.05, 0) is 36.4 Å². The van der Waals surface area contributed by atoms with Crippen LogP contribution >= 0.6 is 11.6 Å². The summed E-state index contributed by atoms with van der Waals surface area (Å²) in [5.41, 5.74) is 3.95. The van der Waals surface area contributed by atoms with Crippen LogP contribution in [0.4, 0.5) is 0 Å². The number of aromatic nitrogens is 2. The van der Waals surface area contributed by atoms with E-state index in [1.807, 2.05) is 43.4 Å². The molecule has 0 bridgehead atoms. The van der Waals surface area contributed by atoms with E-state index in [2.05, 4.69) is 21.4 Å². The Bertz CT molecular complexity index is 742. The monoisotopic (exact) mass is 283 g/mol. The predicted octanol–water partition coefficient (Wildman–Crippen LogP) is 3.59. The number of hydrogen-bond acceptors (Lipinski definition) is 3. The molecule has 0 radical (unpaired) electrons. The van der Waals surface area contributed by atoms with Gasteiger partial charge in [0.15, 0.2) is 0 Å². The van der Waals surface area contributed by atoms with E-state index >= 15 is 0 Å². The first kappa shape index (κ1) is 13.0. The first-order chi connectivity index (χ1) is 9.79. The van der Waals surface area contributed by atoms with Crippen LogP contribution in [0.5, 0.6) is 0 Å². The van der Waals surface area contributed by atoms with E-state index in [1.165, 1.54) is 0 Å². The summed E-state index contributed by atoms with van der Waals surface area (Å²) in [5.74, 6) is 0. The van der Waals surface area contributed by atoms with Crippen molar-refractivity contribution >= 4 is 22.6 Å². The number of rotatable bonds is 3. The van der Waals surface area contributed by atoms with Crippen molar-refractivity contribution in [3.05, 3.63) is 71.0 Å². The van der Waals surface area contributed by atoms with E-state index in [0.717, 1.165) is 27.2 Å². The maximum atomic E-state index is 6.30. The molecule has 0 fully saturated rings. The van der Waals surface area contributed by atoms with E-state index in [-0.39, 0.29) is 6.04 Å². The zero-order valence-electron chi connectivity index (χ0n) is 11.0. The topological polar surface area (TPSA) is 37.8 Å². The van der Waals surface area contributed by atoms with Crippen LogP contribution in [-0.4, -0.2) is 17.0 Å². The van der Waals surface area contributed by atoms with E-state index in [4.69, 9.17) is 11.6 Å². The van der Waals surface area contributed by atoms with Gasteiger partial charge >= 0.3 is 0 Å². The summed E-state index contributed by atoms with van der Waals surface area (Å²) in [5, 5.41) is 4.06. The molecule has 1 unspecified atom stereocenters. The van der Waals surface area contributed by atoms with Crippen molar-refractivity contribution in [2.24, 2.45) is 0 Å². The Morgan fingerprint density at radius 2 is 1.75 bits per heavy atom. The molecule has 100 valence electrons. The summed E-state index contributed by atoms with van der Waals surface area (Å²) in [4.78, 5) is 8.64. The maximum Gasteiger partial charge on any atom is 0.0890 e. The molecule has 1 atom stereocenters. The van der Waals surface area contributed by atoms with Crippen molar-refractivity contribution in [2.75, 3.05) is 7.05 Å². The zero-order chi connectivity index (χ0) is 13.9. The number of fused-ring (bicyclic) bond motifs is 1. The number of benzene rings is 2. The van der Waals surface area contributed by atoms with Crippen molar-refractivity contribution in [2.45, 2.75) is 6.04 Å². The minimum absolute atomic E-state index is 0.0371. The highest BCUT2D eigenvalue weighted by Gasteiger charge is 2.15. The first-order valence-corrected chi connectivity index (χ1v) is 6.80. The van der Waals surface area contributed by atoms with Gasteiger partial charge in [-0.1, -0.05) is 35.9 Å². The molecule has 0 amide bonds. The minimum Gasteiger partial charge on any atom is -0.309 e. The molecule has 1 N–H and O–H groups in total. The van der Waals surface area contributed by atoms with Crippen LogP contribution in [0.25, 0.3) is 11.0 Å². The lowest BCUT2D eigenvalue weighted by atomic mass is 9.98. The molecule has 2 aromatic carbocycles. The number of hydrogen-bond donors (Lipinski definition) is 1. The number of halogens is 1. The van der Waals surface area contributed by atoms with Gasteiger partial charge in [0.25, 0.3) is 0 Å². The lowest BCUT2D eigenvalue weighted by molar-refractivity contribution is 0.692. The summed E-state index contributed by atoms with van der Waals surface area (Å²) in [7, 11) is 1.93. The molecular formula is C16H14ClN3. The highest BCUT2D eigenvalue weighted by Crippen LogP contribution is 2.28. The highest BCUT2D eigenvalue weighted by molar-refractivity contribution is 6.31. The van der Waals surface area contributed by atoms with E-state index < -0.39 is 0 Å². The zero-order valence-corrected chi connectivity index (χ0v) is 11.8. The second-order valence-electron chi connectivity index (χ2n) is 4.55. The van der Waals surface area contributed by atoms with Crippen molar-refractivity contribution in [1.82, 2.24) is 15.3 Å². The van der Waals surface area contributed by atoms with Gasteiger partial charge in [0, 0.05) is 17.4 Å². The fourth-order valence-electron chi connectivity index (χ4n) is 2.37. The van der Waals surface area contributed by atoms with E-state index in [9.17, 15) is 0 Å². The SMILES string of the molecule is CNC(c1ccc2nccnc2c1)c1ccccc1Cl. The Hall–Kier alpha value is -1.97. The number of nitrogens with one attached hydrogen (secondary N) is 1. The van der Waals surface area contributed by atoms with Crippen molar-refractivity contribution in [3.8, 4) is 0 Å². The summed E-state index contributed by atoms with van der Waals surface area (Å²) < 4.78 is 0. The largest absolute Gasteiger partial charge is 0.309 e. The molecular weight excluding hydrogens is 270 g/mol. The van der Waals surface area contributed by atoms with Crippen molar-refractivity contribution < 1.29 is 0 Å². The quantitative estimate of drug-likeness (QED) is 0.798. The highest BCUT2D eigenvalue weighted by atomic mass is 35.5. The van der Waals surface area contributed by atoms with Crippen molar-refractivity contribution in [1.29, 1.82) is 0 Å². The molecule has 3 aromatic rings. The summed E-state index contributed by atoms with van der Waals surface area (Å²) >= 11 is 6.30. The predicted molar refractivity (Wildman–Crippen MR) is 81.9 cm³/mol. The van der Waals surface area contributed by atoms with Crippen LogP contribution < -0.4 is 5.32 Å². The Labute approximate surface area is 122 Å². The van der Waals surface area contributed by atoms with E-state index in [1.54, 1.807) is 12.4 Å². The molecule has 3 rings (SSSR count). The van der Waals surface area contributed by atoms with Crippen LogP contribution in [0.2, 0.25) is 5.02 Å². The summed E-state index contributed by atoms with van der Waals surface area (Å²) in [6.45, 7) is 0. The normalized spacial score (nSPS) is 12.5. The van der Waals surface area contributed by atoms with Gasteiger partial charge in [-0.2, -0.15) is 0 Å². The van der Waals surface area contributed by atoms with Gasteiger partial charge < -0.3 is 5.32 Å². The van der Waals surface area contributed by atoms with Crippen LogP contribution in [0, 0.1) is 0 Å². The second kappa shape index (κ2) is 5.57. The van der Waals surface area contributed by atoms with Gasteiger partial charge in [-0.3, -0.25) is 9.97 Å². The minimum atomic E-state index is 0.0371. The van der Waals surface area contributed by atoms with Gasteiger partial charge in [0.1, 0.15) is 0 Å². The second-order valence-corrected chi connectivity index (χ2v) is 4.95. The van der Waals surface area contributed by atoms with Gasteiger partial charge in [-0.25, -0.2) is 0 Å². The summed E-state index contributed by atoms with van der Waals surface area (Å²) in [6, 6.07) is 14.0.